The summed E-state index contributed by atoms with van der Waals surface area (Å²) in [5.74, 6) is 1.75. The zero-order valence-corrected chi connectivity index (χ0v) is 10.7. The molecule has 0 fully saturated rings. The molecule has 0 aliphatic rings. The van der Waals surface area contributed by atoms with Crippen molar-refractivity contribution in [3.63, 3.8) is 0 Å². The Bertz CT molecular complexity index is 487. The van der Waals surface area contributed by atoms with Crippen LogP contribution in [0.3, 0.4) is 0 Å². The first-order valence-electron chi connectivity index (χ1n) is 6.08. The van der Waals surface area contributed by atoms with E-state index < -0.39 is 0 Å². The molecule has 4 nitrogen and oxygen atoms in total. The van der Waals surface area contributed by atoms with Crippen LogP contribution in [0.4, 0.5) is 0 Å². The van der Waals surface area contributed by atoms with Gasteiger partial charge in [-0.05, 0) is 36.2 Å². The van der Waals surface area contributed by atoms with Crippen LogP contribution in [0.5, 0.6) is 5.75 Å². The number of hydrogen-bond acceptors (Lipinski definition) is 3. The average Bonchev–Trinajstić information content (AvgIpc) is 2.90. The Kier molecular flexibility index (Phi) is 3.99. The van der Waals surface area contributed by atoms with Crippen LogP contribution < -0.4 is 4.74 Å². The van der Waals surface area contributed by atoms with E-state index in [-0.39, 0.29) is 12.5 Å². The fraction of sp³-hybridized carbons (Fsp3) is 0.357. The summed E-state index contributed by atoms with van der Waals surface area (Å²) in [6.45, 7) is 2.16. The monoisotopic (exact) mass is 246 g/mol. The minimum atomic E-state index is 0.0806. The summed E-state index contributed by atoms with van der Waals surface area (Å²) < 4.78 is 5.12. The van der Waals surface area contributed by atoms with Gasteiger partial charge in [0.1, 0.15) is 11.6 Å². The topological polar surface area (TPSA) is 58.1 Å². The molecule has 0 spiro atoms. The van der Waals surface area contributed by atoms with Crippen molar-refractivity contribution in [3.8, 4) is 17.0 Å². The Morgan fingerprint density at radius 2 is 2.06 bits per heavy atom. The summed E-state index contributed by atoms with van der Waals surface area (Å²) in [6.07, 6.45) is 2.67. The molecule has 4 heteroatoms. The summed E-state index contributed by atoms with van der Waals surface area (Å²) in [5.41, 5.74) is 2.02. The molecule has 2 aromatic rings. The highest BCUT2D eigenvalue weighted by molar-refractivity contribution is 5.59. The van der Waals surface area contributed by atoms with Crippen LogP contribution in [0.25, 0.3) is 11.3 Å². The lowest BCUT2D eigenvalue weighted by molar-refractivity contribution is 0.258. The number of aromatic nitrogens is 2. The predicted molar refractivity (Wildman–Crippen MR) is 70.7 cm³/mol. The number of nitrogens with one attached hydrogen (secondary N) is 1. The van der Waals surface area contributed by atoms with Crippen molar-refractivity contribution in [3.05, 3.63) is 36.3 Å². The van der Waals surface area contributed by atoms with Gasteiger partial charge in [-0.1, -0.05) is 6.92 Å². The summed E-state index contributed by atoms with van der Waals surface area (Å²) in [6, 6.07) is 7.80. The molecule has 0 amide bonds. The Labute approximate surface area is 107 Å². The summed E-state index contributed by atoms with van der Waals surface area (Å²) in [5, 5.41) is 9.25. The van der Waals surface area contributed by atoms with Crippen LogP contribution in [-0.4, -0.2) is 28.8 Å². The number of benzene rings is 1. The zero-order chi connectivity index (χ0) is 13.0. The minimum Gasteiger partial charge on any atom is -0.497 e. The number of rotatable bonds is 5. The number of nitrogens with zero attached hydrogens (tertiary/aromatic N) is 1. The van der Waals surface area contributed by atoms with E-state index in [2.05, 4.69) is 9.97 Å². The second-order valence-electron chi connectivity index (χ2n) is 4.20. The highest BCUT2D eigenvalue weighted by Gasteiger charge is 2.12. The molecule has 0 aliphatic carbocycles. The van der Waals surface area contributed by atoms with Gasteiger partial charge in [-0.25, -0.2) is 4.98 Å². The third-order valence-electron chi connectivity index (χ3n) is 3.10. The summed E-state index contributed by atoms with van der Waals surface area (Å²) in [4.78, 5) is 7.59. The fourth-order valence-electron chi connectivity index (χ4n) is 1.87. The van der Waals surface area contributed by atoms with Crippen molar-refractivity contribution < 1.29 is 9.84 Å². The third-order valence-corrected chi connectivity index (χ3v) is 3.10. The highest BCUT2D eigenvalue weighted by atomic mass is 16.5. The highest BCUT2D eigenvalue weighted by Crippen LogP contribution is 2.23. The molecule has 0 bridgehead atoms. The van der Waals surface area contributed by atoms with Crippen LogP contribution in [0.15, 0.2) is 30.5 Å². The molecule has 96 valence electrons. The molecule has 1 atom stereocenters. The maximum atomic E-state index is 9.25. The molecular formula is C14H18N2O2. The van der Waals surface area contributed by atoms with Gasteiger partial charge in [0.15, 0.2) is 0 Å². The Morgan fingerprint density at radius 1 is 1.33 bits per heavy atom. The molecule has 1 aromatic heterocycles. The van der Waals surface area contributed by atoms with Gasteiger partial charge in [0, 0.05) is 5.92 Å². The van der Waals surface area contributed by atoms with E-state index >= 15 is 0 Å². The van der Waals surface area contributed by atoms with Crippen molar-refractivity contribution in [2.45, 2.75) is 19.3 Å². The Balaban J connectivity index is 2.23. The number of aliphatic hydroxyl groups is 1. The third kappa shape index (κ3) is 2.54. The largest absolute Gasteiger partial charge is 0.497 e. The van der Waals surface area contributed by atoms with Crippen LogP contribution >= 0.6 is 0 Å². The maximum absolute atomic E-state index is 9.25. The van der Waals surface area contributed by atoms with Crippen LogP contribution in [-0.2, 0) is 0 Å². The van der Waals surface area contributed by atoms with Crippen molar-refractivity contribution in [1.29, 1.82) is 0 Å². The second-order valence-corrected chi connectivity index (χ2v) is 4.20. The molecule has 1 unspecified atom stereocenters. The lowest BCUT2D eigenvalue weighted by Crippen LogP contribution is -2.04. The van der Waals surface area contributed by atoms with Crippen LogP contribution in [0.1, 0.15) is 25.1 Å². The van der Waals surface area contributed by atoms with E-state index in [0.717, 1.165) is 29.3 Å². The van der Waals surface area contributed by atoms with Gasteiger partial charge in [0.05, 0.1) is 25.6 Å². The first-order valence-corrected chi connectivity index (χ1v) is 6.08. The number of ether oxygens (including phenoxy) is 1. The molecule has 0 aliphatic heterocycles. The molecule has 0 saturated heterocycles. The summed E-state index contributed by atoms with van der Waals surface area (Å²) in [7, 11) is 1.65. The van der Waals surface area contributed by atoms with Crippen molar-refractivity contribution >= 4 is 0 Å². The number of aliphatic hydroxyl groups excluding tert-OH is 1. The molecule has 1 heterocycles. The number of methoxy groups -OCH3 is 1. The Hall–Kier alpha value is -1.81. The van der Waals surface area contributed by atoms with E-state index in [0.29, 0.717) is 0 Å². The van der Waals surface area contributed by atoms with Gasteiger partial charge < -0.3 is 14.8 Å². The molecule has 1 aromatic carbocycles. The quantitative estimate of drug-likeness (QED) is 0.852. The van der Waals surface area contributed by atoms with Gasteiger partial charge in [0.25, 0.3) is 0 Å². The van der Waals surface area contributed by atoms with Crippen molar-refractivity contribution in [2.24, 2.45) is 0 Å². The minimum absolute atomic E-state index is 0.0806. The molecule has 0 radical (unpaired) electrons. The first kappa shape index (κ1) is 12.6. The smallest absolute Gasteiger partial charge is 0.118 e. The molecule has 0 saturated carbocycles. The van der Waals surface area contributed by atoms with Gasteiger partial charge >= 0.3 is 0 Å². The van der Waals surface area contributed by atoms with E-state index in [4.69, 9.17) is 4.74 Å². The van der Waals surface area contributed by atoms with E-state index in [1.54, 1.807) is 13.3 Å². The van der Waals surface area contributed by atoms with Gasteiger partial charge in [-0.15, -0.1) is 0 Å². The van der Waals surface area contributed by atoms with Crippen molar-refractivity contribution in [1.82, 2.24) is 9.97 Å². The van der Waals surface area contributed by atoms with Gasteiger partial charge in [0.2, 0.25) is 0 Å². The van der Waals surface area contributed by atoms with Crippen LogP contribution in [0, 0.1) is 0 Å². The second kappa shape index (κ2) is 5.69. The lowest BCUT2D eigenvalue weighted by atomic mass is 10.1. The SMILES string of the molecule is CCC(CO)c1ncc(-c2ccc(OC)cc2)[nH]1. The number of H-pyrrole nitrogens is 1. The lowest BCUT2D eigenvalue weighted by Gasteiger charge is -2.07. The maximum Gasteiger partial charge on any atom is 0.118 e. The molecule has 18 heavy (non-hydrogen) atoms. The van der Waals surface area contributed by atoms with E-state index in [1.165, 1.54) is 0 Å². The van der Waals surface area contributed by atoms with Crippen LogP contribution in [0.2, 0.25) is 0 Å². The molecule has 2 rings (SSSR count). The summed E-state index contributed by atoms with van der Waals surface area (Å²) >= 11 is 0. The standard InChI is InChI=1S/C14H18N2O2/c1-3-10(9-17)14-15-8-13(16-14)11-4-6-12(18-2)7-5-11/h4-8,10,17H,3,9H2,1-2H3,(H,15,16). The zero-order valence-electron chi connectivity index (χ0n) is 10.7. The molecular weight excluding hydrogens is 228 g/mol. The number of aromatic amines is 1. The van der Waals surface area contributed by atoms with Crippen molar-refractivity contribution in [2.75, 3.05) is 13.7 Å². The fourth-order valence-corrected chi connectivity index (χ4v) is 1.87. The van der Waals surface area contributed by atoms with E-state index in [9.17, 15) is 5.11 Å². The molecule has 2 N–H and O–H groups in total. The first-order chi connectivity index (χ1) is 8.78. The van der Waals surface area contributed by atoms with Gasteiger partial charge in [-0.2, -0.15) is 0 Å². The number of imidazole rings is 1. The number of hydrogen-bond donors (Lipinski definition) is 2. The van der Waals surface area contributed by atoms with Gasteiger partial charge in [-0.3, -0.25) is 0 Å². The predicted octanol–water partition coefficient (Wildman–Crippen LogP) is 2.57. The Morgan fingerprint density at radius 3 is 2.61 bits per heavy atom. The average molecular weight is 246 g/mol. The normalized spacial score (nSPS) is 12.4. The van der Waals surface area contributed by atoms with E-state index in [1.807, 2.05) is 31.2 Å².